The summed E-state index contributed by atoms with van der Waals surface area (Å²) < 4.78 is 34.7. The van der Waals surface area contributed by atoms with E-state index < -0.39 is 11.6 Å². The predicted octanol–water partition coefficient (Wildman–Crippen LogP) is 6.77. The highest BCUT2D eigenvalue weighted by molar-refractivity contribution is 7.98. The van der Waals surface area contributed by atoms with E-state index in [1.54, 1.807) is 7.11 Å². The van der Waals surface area contributed by atoms with Gasteiger partial charge in [0.15, 0.2) is 11.0 Å². The largest absolute Gasteiger partial charge is 0.385 e. The minimum Gasteiger partial charge on any atom is -0.385 e. The molecule has 0 aliphatic heterocycles. The zero-order chi connectivity index (χ0) is 24.9. The van der Waals surface area contributed by atoms with Crippen LogP contribution in [0.2, 0.25) is 0 Å². The number of ether oxygens (including phenoxy) is 1. The maximum atomic E-state index is 13.7. The van der Waals surface area contributed by atoms with Gasteiger partial charge in [0.1, 0.15) is 11.6 Å². The SMILES string of the molecule is COCCCn1c(SCc2cc(F)cc(F)c2)nnc1-c1cc(-c2ccccc2)nc2ccccc12. The van der Waals surface area contributed by atoms with Gasteiger partial charge in [-0.25, -0.2) is 13.8 Å². The first-order chi connectivity index (χ1) is 17.6. The molecule has 5 aromatic rings. The molecule has 0 bridgehead atoms. The van der Waals surface area contributed by atoms with Crippen LogP contribution in [0.25, 0.3) is 33.5 Å². The van der Waals surface area contributed by atoms with Gasteiger partial charge in [-0.15, -0.1) is 10.2 Å². The molecule has 0 aliphatic carbocycles. The van der Waals surface area contributed by atoms with Crippen LogP contribution in [0.15, 0.2) is 84.0 Å². The Morgan fingerprint density at radius 2 is 1.64 bits per heavy atom. The Balaban J connectivity index is 1.58. The summed E-state index contributed by atoms with van der Waals surface area (Å²) in [7, 11) is 1.67. The first-order valence-corrected chi connectivity index (χ1v) is 12.6. The Morgan fingerprint density at radius 1 is 0.889 bits per heavy atom. The molecule has 5 rings (SSSR count). The van der Waals surface area contributed by atoms with Gasteiger partial charge in [0.05, 0.1) is 11.2 Å². The minimum atomic E-state index is -0.593. The fourth-order valence-corrected chi connectivity index (χ4v) is 5.02. The Kier molecular flexibility index (Phi) is 7.34. The molecular weight excluding hydrogens is 478 g/mol. The van der Waals surface area contributed by atoms with E-state index in [0.717, 1.165) is 46.0 Å². The van der Waals surface area contributed by atoms with Gasteiger partial charge in [-0.3, -0.25) is 0 Å². The summed E-state index contributed by atoms with van der Waals surface area (Å²) in [6.45, 7) is 1.22. The van der Waals surface area contributed by atoms with E-state index in [1.165, 1.54) is 23.9 Å². The number of rotatable bonds is 9. The second-order valence-electron chi connectivity index (χ2n) is 8.31. The lowest BCUT2D eigenvalue weighted by molar-refractivity contribution is 0.189. The Bertz CT molecular complexity index is 1470. The highest BCUT2D eigenvalue weighted by Gasteiger charge is 2.19. The van der Waals surface area contributed by atoms with Gasteiger partial charge in [0.2, 0.25) is 0 Å². The highest BCUT2D eigenvalue weighted by atomic mass is 32.2. The van der Waals surface area contributed by atoms with Gasteiger partial charge >= 0.3 is 0 Å². The van der Waals surface area contributed by atoms with Gasteiger partial charge in [-0.05, 0) is 36.2 Å². The van der Waals surface area contributed by atoms with E-state index in [1.807, 2.05) is 60.7 Å². The van der Waals surface area contributed by atoms with E-state index in [4.69, 9.17) is 9.72 Å². The van der Waals surface area contributed by atoms with Gasteiger partial charge in [-0.2, -0.15) is 0 Å². The second-order valence-corrected chi connectivity index (χ2v) is 9.25. The highest BCUT2D eigenvalue weighted by Crippen LogP contribution is 2.34. The molecule has 5 nitrogen and oxygen atoms in total. The average molecular weight is 503 g/mol. The van der Waals surface area contributed by atoms with Crippen molar-refractivity contribution in [3.05, 3.63) is 96.1 Å². The normalized spacial score (nSPS) is 11.3. The van der Waals surface area contributed by atoms with E-state index >= 15 is 0 Å². The molecule has 0 unspecified atom stereocenters. The number of thioether (sulfide) groups is 1. The molecule has 36 heavy (non-hydrogen) atoms. The molecule has 0 N–H and O–H groups in total. The smallest absolute Gasteiger partial charge is 0.191 e. The lowest BCUT2D eigenvalue weighted by atomic mass is 10.0. The van der Waals surface area contributed by atoms with Crippen molar-refractivity contribution in [2.45, 2.75) is 23.9 Å². The third kappa shape index (κ3) is 5.29. The van der Waals surface area contributed by atoms with Crippen molar-refractivity contribution in [3.63, 3.8) is 0 Å². The molecule has 0 saturated carbocycles. The van der Waals surface area contributed by atoms with Crippen molar-refractivity contribution in [1.29, 1.82) is 0 Å². The first kappa shape index (κ1) is 24.1. The molecule has 2 heterocycles. The molecule has 0 radical (unpaired) electrons. The number of halogens is 2. The summed E-state index contributed by atoms with van der Waals surface area (Å²) in [5.74, 6) is -0.104. The Hall–Kier alpha value is -3.62. The van der Waals surface area contributed by atoms with Crippen molar-refractivity contribution in [3.8, 4) is 22.6 Å². The standard InChI is InChI=1S/C28H24F2N4OS/c1-35-13-7-12-34-27(32-33-28(34)36-18-19-14-21(29)16-22(30)15-19)24-17-26(20-8-3-2-4-9-20)31-25-11-6-5-10-23(24)25/h2-6,8-11,14-17H,7,12-13,18H2,1H3. The molecule has 3 aromatic carbocycles. The summed E-state index contributed by atoms with van der Waals surface area (Å²) in [5, 5.41) is 10.7. The zero-order valence-corrected chi connectivity index (χ0v) is 20.5. The number of fused-ring (bicyclic) bond motifs is 1. The van der Waals surface area contributed by atoms with Crippen molar-refractivity contribution < 1.29 is 13.5 Å². The van der Waals surface area contributed by atoms with Crippen molar-refractivity contribution >= 4 is 22.7 Å². The van der Waals surface area contributed by atoms with Crippen LogP contribution in [0.1, 0.15) is 12.0 Å². The number of aromatic nitrogens is 4. The van der Waals surface area contributed by atoms with Gasteiger partial charge < -0.3 is 9.30 Å². The van der Waals surface area contributed by atoms with Crippen LogP contribution in [0.3, 0.4) is 0 Å². The third-order valence-corrected chi connectivity index (χ3v) is 6.80. The molecule has 182 valence electrons. The van der Waals surface area contributed by atoms with Crippen molar-refractivity contribution in [1.82, 2.24) is 19.7 Å². The van der Waals surface area contributed by atoms with Crippen molar-refractivity contribution in [2.75, 3.05) is 13.7 Å². The van der Waals surface area contributed by atoms with E-state index in [-0.39, 0.29) is 0 Å². The first-order valence-electron chi connectivity index (χ1n) is 11.6. The second kappa shape index (κ2) is 11.0. The molecule has 8 heteroatoms. The van der Waals surface area contributed by atoms with Crippen molar-refractivity contribution in [2.24, 2.45) is 0 Å². The van der Waals surface area contributed by atoms with E-state index in [0.29, 0.717) is 29.6 Å². The molecule has 0 amide bonds. The fraction of sp³-hybridized carbons (Fsp3) is 0.179. The van der Waals surface area contributed by atoms with Crippen LogP contribution in [-0.4, -0.2) is 33.5 Å². The maximum absolute atomic E-state index is 13.7. The summed E-state index contributed by atoms with van der Waals surface area (Å²) in [4.78, 5) is 4.88. The Labute approximate surface area is 212 Å². The quantitative estimate of drug-likeness (QED) is 0.165. The maximum Gasteiger partial charge on any atom is 0.191 e. The summed E-state index contributed by atoms with van der Waals surface area (Å²) in [5.41, 5.74) is 4.20. The summed E-state index contributed by atoms with van der Waals surface area (Å²) in [6.07, 6.45) is 0.762. The molecule has 0 fully saturated rings. The number of benzene rings is 3. The average Bonchev–Trinajstić information content (AvgIpc) is 3.29. The Morgan fingerprint density at radius 3 is 2.42 bits per heavy atom. The fourth-order valence-electron chi connectivity index (χ4n) is 4.12. The van der Waals surface area contributed by atoms with Crippen LogP contribution in [0, 0.1) is 11.6 Å². The number of pyridine rings is 1. The van der Waals surface area contributed by atoms with Crippen LogP contribution in [-0.2, 0) is 17.0 Å². The number of hydrogen-bond donors (Lipinski definition) is 0. The summed E-state index contributed by atoms with van der Waals surface area (Å²) in [6, 6.07) is 23.6. The molecule has 0 atom stereocenters. The number of nitrogens with zero attached hydrogens (tertiary/aromatic N) is 4. The zero-order valence-electron chi connectivity index (χ0n) is 19.7. The van der Waals surface area contributed by atoms with Crippen LogP contribution in [0.4, 0.5) is 8.78 Å². The number of hydrogen-bond acceptors (Lipinski definition) is 5. The lowest BCUT2D eigenvalue weighted by Crippen LogP contribution is -2.06. The van der Waals surface area contributed by atoms with Crippen LogP contribution >= 0.6 is 11.8 Å². The number of para-hydroxylation sites is 1. The van der Waals surface area contributed by atoms with Gasteiger partial charge in [-0.1, -0.05) is 60.3 Å². The minimum absolute atomic E-state index is 0.365. The van der Waals surface area contributed by atoms with Gasteiger partial charge in [0.25, 0.3) is 0 Å². The molecule has 0 spiro atoms. The van der Waals surface area contributed by atoms with Crippen LogP contribution in [0.5, 0.6) is 0 Å². The van der Waals surface area contributed by atoms with Gasteiger partial charge in [0, 0.05) is 48.6 Å². The van der Waals surface area contributed by atoms with E-state index in [9.17, 15) is 8.78 Å². The number of methoxy groups -OCH3 is 1. The molecule has 2 aromatic heterocycles. The third-order valence-electron chi connectivity index (χ3n) is 5.76. The predicted molar refractivity (Wildman–Crippen MR) is 139 cm³/mol. The monoisotopic (exact) mass is 502 g/mol. The molecule has 0 aliphatic rings. The van der Waals surface area contributed by atoms with E-state index in [2.05, 4.69) is 14.8 Å². The topological polar surface area (TPSA) is 52.8 Å². The molecule has 0 saturated heterocycles. The lowest BCUT2D eigenvalue weighted by Gasteiger charge is -2.13. The molecular formula is C28H24F2N4OS. The summed E-state index contributed by atoms with van der Waals surface area (Å²) >= 11 is 1.40. The van der Waals surface area contributed by atoms with Crippen LogP contribution < -0.4 is 0 Å².